The van der Waals surface area contributed by atoms with Crippen molar-refractivity contribution in [3.8, 4) is 11.3 Å². The Morgan fingerprint density at radius 2 is 2.05 bits per heavy atom. The van der Waals surface area contributed by atoms with Crippen molar-refractivity contribution in [3.05, 3.63) is 30.1 Å². The fourth-order valence-electron chi connectivity index (χ4n) is 1.94. The van der Waals surface area contributed by atoms with E-state index >= 15 is 0 Å². The Bertz CT molecular complexity index is 735. The first-order chi connectivity index (χ1) is 8.98. The minimum Gasteiger partial charge on any atom is -0.382 e. The zero-order valence-electron chi connectivity index (χ0n) is 9.93. The molecule has 1 aromatic heterocycles. The van der Waals surface area contributed by atoms with Crippen LogP contribution >= 0.6 is 0 Å². The zero-order valence-corrected chi connectivity index (χ0v) is 10.7. The summed E-state index contributed by atoms with van der Waals surface area (Å²) in [6.45, 7) is 0. The number of aromatic amines is 1. The van der Waals surface area contributed by atoms with Gasteiger partial charge in [-0.25, -0.2) is 12.8 Å². The van der Waals surface area contributed by atoms with Crippen molar-refractivity contribution in [2.75, 3.05) is 5.73 Å². The molecule has 3 N–H and O–H groups in total. The predicted molar refractivity (Wildman–Crippen MR) is 68.6 cm³/mol. The molecule has 1 saturated carbocycles. The van der Waals surface area contributed by atoms with Gasteiger partial charge in [-0.1, -0.05) is 6.07 Å². The maximum Gasteiger partial charge on any atom is 0.184 e. The maximum absolute atomic E-state index is 14.0. The number of nitrogen functional groups attached to an aromatic ring is 1. The molecule has 7 heteroatoms. The quantitative estimate of drug-likeness (QED) is 0.896. The van der Waals surface area contributed by atoms with Crippen LogP contribution in [0.4, 0.5) is 10.2 Å². The monoisotopic (exact) mass is 281 g/mol. The first-order valence-corrected chi connectivity index (χ1v) is 7.38. The lowest BCUT2D eigenvalue weighted by Crippen LogP contribution is -2.09. The minimum absolute atomic E-state index is 0.230. The van der Waals surface area contributed by atoms with Gasteiger partial charge in [-0.05, 0) is 25.0 Å². The largest absolute Gasteiger partial charge is 0.382 e. The fraction of sp³-hybridized carbons (Fsp3) is 0.250. The third-order valence-electron chi connectivity index (χ3n) is 3.11. The van der Waals surface area contributed by atoms with Gasteiger partial charge in [0.25, 0.3) is 0 Å². The Morgan fingerprint density at radius 1 is 1.32 bits per heavy atom. The standard InChI is InChI=1S/C12H12FN3O2S/c13-9-5-7(10-6-12(14)16-15-10)1-4-11(9)19(17,18)8-2-3-8/h1,4-6,8H,2-3H2,(H3,14,15,16). The van der Waals surface area contributed by atoms with Crippen LogP contribution in [0.15, 0.2) is 29.2 Å². The van der Waals surface area contributed by atoms with Gasteiger partial charge in [0.15, 0.2) is 9.84 Å². The number of nitrogens with zero attached hydrogens (tertiary/aromatic N) is 1. The molecule has 0 radical (unpaired) electrons. The lowest BCUT2D eigenvalue weighted by Gasteiger charge is -2.05. The molecule has 1 aromatic carbocycles. The van der Waals surface area contributed by atoms with Crippen molar-refractivity contribution in [2.45, 2.75) is 23.0 Å². The molecule has 0 spiro atoms. The van der Waals surface area contributed by atoms with Gasteiger partial charge in [-0.2, -0.15) is 5.10 Å². The van der Waals surface area contributed by atoms with Crippen LogP contribution in [0.1, 0.15) is 12.8 Å². The van der Waals surface area contributed by atoms with E-state index in [2.05, 4.69) is 10.2 Å². The highest BCUT2D eigenvalue weighted by atomic mass is 32.2. The molecule has 0 aliphatic heterocycles. The van der Waals surface area contributed by atoms with E-state index < -0.39 is 20.9 Å². The predicted octanol–water partition coefficient (Wildman–Crippen LogP) is 1.73. The van der Waals surface area contributed by atoms with E-state index in [0.29, 0.717) is 29.9 Å². The van der Waals surface area contributed by atoms with Crippen molar-refractivity contribution in [2.24, 2.45) is 0 Å². The number of hydrogen-bond donors (Lipinski definition) is 2. The number of H-pyrrole nitrogens is 1. The van der Waals surface area contributed by atoms with Crippen LogP contribution in [0.25, 0.3) is 11.3 Å². The fourth-order valence-corrected chi connectivity index (χ4v) is 3.65. The number of nitrogens with two attached hydrogens (primary N) is 1. The zero-order chi connectivity index (χ0) is 13.6. The van der Waals surface area contributed by atoms with Crippen molar-refractivity contribution in [1.82, 2.24) is 10.2 Å². The highest BCUT2D eigenvalue weighted by molar-refractivity contribution is 7.92. The molecular formula is C12H12FN3O2S. The van der Waals surface area contributed by atoms with Gasteiger partial charge in [0.05, 0.1) is 10.9 Å². The van der Waals surface area contributed by atoms with Crippen molar-refractivity contribution in [1.29, 1.82) is 0 Å². The molecule has 100 valence electrons. The molecule has 2 aromatic rings. The molecule has 0 atom stereocenters. The second-order valence-corrected chi connectivity index (χ2v) is 6.79. The average molecular weight is 281 g/mol. The van der Waals surface area contributed by atoms with Crippen molar-refractivity contribution < 1.29 is 12.8 Å². The Balaban J connectivity index is 2.03. The summed E-state index contributed by atoms with van der Waals surface area (Å²) in [5, 5.41) is 5.97. The van der Waals surface area contributed by atoms with Crippen LogP contribution in [0, 0.1) is 5.82 Å². The Morgan fingerprint density at radius 3 is 2.58 bits per heavy atom. The molecule has 5 nitrogen and oxygen atoms in total. The van der Waals surface area contributed by atoms with Crippen molar-refractivity contribution in [3.63, 3.8) is 0 Å². The number of hydrogen-bond acceptors (Lipinski definition) is 4. The van der Waals surface area contributed by atoms with E-state index in [9.17, 15) is 12.8 Å². The van der Waals surface area contributed by atoms with E-state index in [0.717, 1.165) is 0 Å². The van der Waals surface area contributed by atoms with Crippen LogP contribution in [-0.4, -0.2) is 23.9 Å². The second-order valence-electron chi connectivity index (χ2n) is 4.60. The summed E-state index contributed by atoms with van der Waals surface area (Å²) in [5.41, 5.74) is 6.53. The number of halogens is 1. The van der Waals surface area contributed by atoms with Gasteiger partial charge in [0, 0.05) is 11.6 Å². The minimum atomic E-state index is -3.52. The van der Waals surface area contributed by atoms with Crippen LogP contribution in [0.3, 0.4) is 0 Å². The lowest BCUT2D eigenvalue weighted by atomic mass is 10.1. The van der Waals surface area contributed by atoms with Gasteiger partial charge in [-0.3, -0.25) is 5.10 Å². The van der Waals surface area contributed by atoms with Gasteiger partial charge in [0.1, 0.15) is 16.5 Å². The summed E-state index contributed by atoms with van der Waals surface area (Å²) in [4.78, 5) is -0.230. The van der Waals surface area contributed by atoms with E-state index in [1.807, 2.05) is 0 Å². The first-order valence-electron chi connectivity index (χ1n) is 5.83. The van der Waals surface area contributed by atoms with E-state index in [1.165, 1.54) is 12.1 Å². The molecule has 3 rings (SSSR count). The van der Waals surface area contributed by atoms with Crippen LogP contribution in [0.5, 0.6) is 0 Å². The molecule has 1 aliphatic rings. The summed E-state index contributed by atoms with van der Waals surface area (Å²) in [6, 6.07) is 5.59. The highest BCUT2D eigenvalue weighted by Crippen LogP contribution is 2.35. The summed E-state index contributed by atoms with van der Waals surface area (Å²) in [7, 11) is -3.52. The Kier molecular flexibility index (Phi) is 2.60. The smallest absolute Gasteiger partial charge is 0.184 e. The highest BCUT2D eigenvalue weighted by Gasteiger charge is 2.38. The Labute approximate surface area is 109 Å². The number of rotatable bonds is 3. The third kappa shape index (κ3) is 2.10. The van der Waals surface area contributed by atoms with E-state index in [-0.39, 0.29) is 4.90 Å². The first kappa shape index (κ1) is 12.2. The normalized spacial score (nSPS) is 15.6. The number of aromatic nitrogens is 2. The van der Waals surface area contributed by atoms with Crippen LogP contribution in [0.2, 0.25) is 0 Å². The Hall–Kier alpha value is -1.89. The summed E-state index contributed by atoms with van der Waals surface area (Å²) in [6.07, 6.45) is 1.22. The molecule has 1 aliphatic carbocycles. The van der Waals surface area contributed by atoms with Gasteiger partial charge in [0.2, 0.25) is 0 Å². The van der Waals surface area contributed by atoms with Crippen LogP contribution < -0.4 is 5.73 Å². The van der Waals surface area contributed by atoms with Gasteiger partial charge >= 0.3 is 0 Å². The third-order valence-corrected chi connectivity index (χ3v) is 5.40. The SMILES string of the molecule is Nc1cc(-c2ccc(S(=O)(=O)C3CC3)c(F)c2)[nH]n1. The molecule has 19 heavy (non-hydrogen) atoms. The van der Waals surface area contributed by atoms with E-state index in [4.69, 9.17) is 5.73 Å². The van der Waals surface area contributed by atoms with Crippen LogP contribution in [-0.2, 0) is 9.84 Å². The number of anilines is 1. The molecule has 0 unspecified atom stereocenters. The molecule has 1 fully saturated rings. The number of sulfone groups is 1. The maximum atomic E-state index is 14.0. The molecule has 0 amide bonds. The number of benzene rings is 1. The number of nitrogens with one attached hydrogen (secondary N) is 1. The molecule has 0 bridgehead atoms. The molecule has 1 heterocycles. The second kappa shape index (κ2) is 4.06. The van der Waals surface area contributed by atoms with Gasteiger partial charge < -0.3 is 5.73 Å². The summed E-state index contributed by atoms with van der Waals surface area (Å²) < 4.78 is 38.0. The van der Waals surface area contributed by atoms with Crippen molar-refractivity contribution >= 4 is 15.7 Å². The topological polar surface area (TPSA) is 88.8 Å². The average Bonchev–Trinajstić information content (AvgIpc) is 3.12. The van der Waals surface area contributed by atoms with Gasteiger partial charge in [-0.15, -0.1) is 0 Å². The summed E-state index contributed by atoms with van der Waals surface area (Å²) >= 11 is 0. The lowest BCUT2D eigenvalue weighted by molar-refractivity contribution is 0.566. The molecular weight excluding hydrogens is 269 g/mol. The molecule has 0 saturated heterocycles. The summed E-state index contributed by atoms with van der Waals surface area (Å²) in [5.74, 6) is -0.442. The van der Waals surface area contributed by atoms with E-state index in [1.54, 1.807) is 12.1 Å².